The molecule has 1 aliphatic heterocycles. The summed E-state index contributed by atoms with van der Waals surface area (Å²) in [5.74, 6) is 0. The zero-order chi connectivity index (χ0) is 12.8. The van der Waals surface area contributed by atoms with Gasteiger partial charge in [-0.3, -0.25) is 0 Å². The van der Waals surface area contributed by atoms with E-state index in [2.05, 4.69) is 29.7 Å². The molecule has 18 heavy (non-hydrogen) atoms. The molecule has 0 radical (unpaired) electrons. The third kappa shape index (κ3) is 3.74. The lowest BCUT2D eigenvalue weighted by Crippen LogP contribution is -2.43. The first-order valence-electron chi connectivity index (χ1n) is 6.42. The van der Waals surface area contributed by atoms with Crippen molar-refractivity contribution in [1.82, 2.24) is 10.6 Å². The molecule has 1 aliphatic rings. The van der Waals surface area contributed by atoms with E-state index in [1.165, 1.54) is 11.1 Å². The van der Waals surface area contributed by atoms with Gasteiger partial charge in [0.1, 0.15) is 0 Å². The summed E-state index contributed by atoms with van der Waals surface area (Å²) >= 11 is 0. The highest BCUT2D eigenvalue weighted by molar-refractivity contribution is 5.74. The van der Waals surface area contributed by atoms with Gasteiger partial charge in [0.05, 0.1) is 12.6 Å². The molecule has 0 spiro atoms. The average molecular weight is 248 g/mol. The van der Waals surface area contributed by atoms with Crippen molar-refractivity contribution in [2.45, 2.75) is 25.8 Å². The van der Waals surface area contributed by atoms with E-state index in [9.17, 15) is 4.79 Å². The predicted molar refractivity (Wildman–Crippen MR) is 70.6 cm³/mol. The van der Waals surface area contributed by atoms with Crippen LogP contribution >= 0.6 is 0 Å². The normalized spacial score (nSPS) is 18.6. The predicted octanol–water partition coefficient (Wildman–Crippen LogP) is 1.63. The zero-order valence-corrected chi connectivity index (χ0v) is 10.7. The van der Waals surface area contributed by atoms with Gasteiger partial charge in [-0.25, -0.2) is 4.79 Å². The number of nitrogens with one attached hydrogen (secondary N) is 2. The van der Waals surface area contributed by atoms with Crippen LogP contribution in [0.1, 0.15) is 17.5 Å². The average Bonchev–Trinajstić information content (AvgIpc) is 2.84. The lowest BCUT2D eigenvalue weighted by atomic mass is 10.1. The van der Waals surface area contributed by atoms with E-state index in [1.54, 1.807) is 0 Å². The van der Waals surface area contributed by atoms with Gasteiger partial charge in [-0.15, -0.1) is 0 Å². The zero-order valence-electron chi connectivity index (χ0n) is 10.7. The minimum absolute atomic E-state index is 0.0981. The molecule has 4 nitrogen and oxygen atoms in total. The van der Waals surface area contributed by atoms with E-state index in [1.807, 2.05) is 12.1 Å². The Morgan fingerprint density at radius 3 is 3.00 bits per heavy atom. The van der Waals surface area contributed by atoms with Gasteiger partial charge >= 0.3 is 6.03 Å². The maximum absolute atomic E-state index is 11.6. The van der Waals surface area contributed by atoms with Crippen molar-refractivity contribution in [3.8, 4) is 0 Å². The van der Waals surface area contributed by atoms with Crippen LogP contribution in [0.25, 0.3) is 0 Å². The van der Waals surface area contributed by atoms with Crippen LogP contribution in [-0.2, 0) is 11.2 Å². The molecule has 1 aromatic rings. The first-order chi connectivity index (χ1) is 8.75. The highest BCUT2D eigenvalue weighted by atomic mass is 16.5. The highest BCUT2D eigenvalue weighted by Gasteiger charge is 2.17. The summed E-state index contributed by atoms with van der Waals surface area (Å²) in [6.45, 7) is 4.12. The molecular formula is C14H20N2O2. The van der Waals surface area contributed by atoms with E-state index in [-0.39, 0.29) is 12.1 Å². The summed E-state index contributed by atoms with van der Waals surface area (Å²) in [4.78, 5) is 11.6. The smallest absolute Gasteiger partial charge is 0.315 e. The molecule has 2 N–H and O–H groups in total. The van der Waals surface area contributed by atoms with Gasteiger partial charge in [-0.05, 0) is 30.9 Å². The van der Waals surface area contributed by atoms with E-state index in [0.29, 0.717) is 13.2 Å². The topological polar surface area (TPSA) is 50.4 Å². The van der Waals surface area contributed by atoms with Gasteiger partial charge in [0.25, 0.3) is 0 Å². The maximum Gasteiger partial charge on any atom is 0.315 e. The Morgan fingerprint density at radius 1 is 1.44 bits per heavy atom. The molecule has 0 aliphatic carbocycles. The largest absolute Gasteiger partial charge is 0.379 e. The summed E-state index contributed by atoms with van der Waals surface area (Å²) in [5, 5.41) is 5.78. The molecule has 1 atom stereocenters. The third-order valence-corrected chi connectivity index (χ3v) is 3.21. The molecule has 0 aromatic heterocycles. The number of ether oxygens (including phenoxy) is 1. The van der Waals surface area contributed by atoms with E-state index in [0.717, 1.165) is 19.4 Å². The fraction of sp³-hybridized carbons (Fsp3) is 0.500. The fourth-order valence-electron chi connectivity index (χ4n) is 2.09. The first kappa shape index (κ1) is 12.9. The third-order valence-electron chi connectivity index (χ3n) is 3.21. The lowest BCUT2D eigenvalue weighted by molar-refractivity contribution is 0.188. The summed E-state index contributed by atoms with van der Waals surface area (Å²) in [5.41, 5.74) is 2.55. The van der Waals surface area contributed by atoms with Crippen LogP contribution in [0.4, 0.5) is 4.79 Å². The van der Waals surface area contributed by atoms with Crippen LogP contribution in [0.15, 0.2) is 24.3 Å². The standard InChI is InChI=1S/C14H20N2O2/c1-11-4-2-3-5-12(11)6-8-15-14(17)16-13-7-9-18-10-13/h2-5,13H,6-10H2,1H3,(H2,15,16,17). The number of hydrogen-bond acceptors (Lipinski definition) is 2. The molecule has 2 rings (SSSR count). The second kappa shape index (κ2) is 6.40. The molecular weight excluding hydrogens is 228 g/mol. The van der Waals surface area contributed by atoms with Gasteiger partial charge in [0.2, 0.25) is 0 Å². The number of benzene rings is 1. The van der Waals surface area contributed by atoms with E-state index < -0.39 is 0 Å². The van der Waals surface area contributed by atoms with Crippen LogP contribution in [0.2, 0.25) is 0 Å². The number of hydrogen-bond donors (Lipinski definition) is 2. The van der Waals surface area contributed by atoms with Gasteiger partial charge < -0.3 is 15.4 Å². The Balaban J connectivity index is 1.68. The lowest BCUT2D eigenvalue weighted by Gasteiger charge is -2.12. The van der Waals surface area contributed by atoms with Crippen molar-refractivity contribution in [3.05, 3.63) is 35.4 Å². The SMILES string of the molecule is Cc1ccccc1CCNC(=O)NC1CCOC1. The van der Waals surface area contributed by atoms with Gasteiger partial charge in [-0.2, -0.15) is 0 Å². The van der Waals surface area contributed by atoms with Crippen LogP contribution in [-0.4, -0.2) is 31.8 Å². The molecule has 1 heterocycles. The number of carbonyl (C=O) groups excluding carboxylic acids is 1. The van der Waals surface area contributed by atoms with Crippen LogP contribution in [0.3, 0.4) is 0 Å². The number of carbonyl (C=O) groups is 1. The number of urea groups is 1. The second-order valence-corrected chi connectivity index (χ2v) is 4.64. The van der Waals surface area contributed by atoms with E-state index in [4.69, 9.17) is 4.74 Å². The van der Waals surface area contributed by atoms with Gasteiger partial charge in [-0.1, -0.05) is 24.3 Å². The monoisotopic (exact) mass is 248 g/mol. The minimum Gasteiger partial charge on any atom is -0.379 e. The quantitative estimate of drug-likeness (QED) is 0.851. The Hall–Kier alpha value is -1.55. The minimum atomic E-state index is -0.0981. The Bertz CT molecular complexity index is 401. The Kier molecular flexibility index (Phi) is 4.59. The van der Waals surface area contributed by atoms with Crippen LogP contribution in [0, 0.1) is 6.92 Å². The molecule has 2 amide bonds. The highest BCUT2D eigenvalue weighted by Crippen LogP contribution is 2.07. The summed E-state index contributed by atoms with van der Waals surface area (Å²) in [6.07, 6.45) is 1.77. The van der Waals surface area contributed by atoms with Crippen molar-refractivity contribution in [2.75, 3.05) is 19.8 Å². The van der Waals surface area contributed by atoms with Crippen molar-refractivity contribution >= 4 is 6.03 Å². The Morgan fingerprint density at radius 2 is 2.28 bits per heavy atom. The van der Waals surface area contributed by atoms with Crippen LogP contribution in [0.5, 0.6) is 0 Å². The molecule has 1 fully saturated rings. The summed E-state index contributed by atoms with van der Waals surface area (Å²) < 4.78 is 5.20. The number of aryl methyl sites for hydroxylation is 1. The molecule has 1 aromatic carbocycles. The van der Waals surface area contributed by atoms with Crippen molar-refractivity contribution in [2.24, 2.45) is 0 Å². The van der Waals surface area contributed by atoms with Gasteiger partial charge in [0, 0.05) is 13.2 Å². The second-order valence-electron chi connectivity index (χ2n) is 4.64. The number of amides is 2. The van der Waals surface area contributed by atoms with Crippen molar-refractivity contribution in [1.29, 1.82) is 0 Å². The summed E-state index contributed by atoms with van der Waals surface area (Å²) in [7, 11) is 0. The molecule has 98 valence electrons. The molecule has 0 bridgehead atoms. The van der Waals surface area contributed by atoms with Gasteiger partial charge in [0.15, 0.2) is 0 Å². The molecule has 1 unspecified atom stereocenters. The number of rotatable bonds is 4. The molecule has 0 saturated carbocycles. The van der Waals surface area contributed by atoms with Crippen molar-refractivity contribution in [3.63, 3.8) is 0 Å². The Labute approximate surface area is 108 Å². The van der Waals surface area contributed by atoms with E-state index >= 15 is 0 Å². The maximum atomic E-state index is 11.6. The fourth-order valence-corrected chi connectivity index (χ4v) is 2.09. The summed E-state index contributed by atoms with van der Waals surface area (Å²) in [6, 6.07) is 8.31. The molecule has 1 saturated heterocycles. The van der Waals surface area contributed by atoms with Crippen LogP contribution < -0.4 is 10.6 Å². The van der Waals surface area contributed by atoms with Crippen molar-refractivity contribution < 1.29 is 9.53 Å². The first-order valence-corrected chi connectivity index (χ1v) is 6.42. The molecule has 4 heteroatoms.